The Morgan fingerprint density at radius 3 is 2.40 bits per heavy atom. The molecule has 1 unspecified atom stereocenters. The number of aliphatic hydroxyl groups excluding tert-OH is 1. The Hall–Kier alpha value is -0.160. The van der Waals surface area contributed by atoms with Gasteiger partial charge in [-0.2, -0.15) is 0 Å². The molecule has 0 bridgehead atoms. The molecule has 2 heterocycles. The second-order valence-electron chi connectivity index (χ2n) is 4.59. The van der Waals surface area contributed by atoms with E-state index in [0.29, 0.717) is 0 Å². The fourth-order valence-electron chi connectivity index (χ4n) is 2.27. The molecule has 0 aromatic heterocycles. The average Bonchev–Trinajstić information content (AvgIpc) is 2.66. The molecule has 0 aromatic rings. The molecule has 0 saturated carbocycles. The first-order valence-electron chi connectivity index (χ1n) is 5.89. The Balaban J connectivity index is 1.72. The van der Waals surface area contributed by atoms with Crippen LogP contribution in [0.1, 0.15) is 26.2 Å². The van der Waals surface area contributed by atoms with Crippen LogP contribution in [0.5, 0.6) is 0 Å². The lowest BCUT2D eigenvalue weighted by molar-refractivity contribution is -0.185. The molecule has 2 fully saturated rings. The van der Waals surface area contributed by atoms with E-state index >= 15 is 0 Å². The molecule has 2 rings (SSSR count). The lowest BCUT2D eigenvalue weighted by Gasteiger charge is -2.37. The highest BCUT2D eigenvalue weighted by atomic mass is 16.7. The summed E-state index contributed by atoms with van der Waals surface area (Å²) in [5, 5.41) is 9.21. The standard InChI is InChI=1S/C11H21NO3/c1-10(13)2-5-12-6-3-11(4-7-12)14-8-9-15-11/h10,13H,2-9H2,1H3. The number of piperidine rings is 1. The maximum absolute atomic E-state index is 9.21. The minimum atomic E-state index is -0.263. The van der Waals surface area contributed by atoms with Crippen LogP contribution in [0.15, 0.2) is 0 Å². The Kier molecular flexibility index (Phi) is 3.61. The van der Waals surface area contributed by atoms with Crippen LogP contribution in [-0.2, 0) is 9.47 Å². The van der Waals surface area contributed by atoms with Crippen LogP contribution in [0.25, 0.3) is 0 Å². The van der Waals surface area contributed by atoms with Gasteiger partial charge in [0.1, 0.15) is 0 Å². The van der Waals surface area contributed by atoms with Crippen molar-refractivity contribution in [3.8, 4) is 0 Å². The highest BCUT2D eigenvalue weighted by molar-refractivity contribution is 4.82. The van der Waals surface area contributed by atoms with Gasteiger partial charge < -0.3 is 19.5 Å². The molecule has 4 heteroatoms. The van der Waals surface area contributed by atoms with Gasteiger partial charge in [0, 0.05) is 32.5 Å². The minimum absolute atomic E-state index is 0.195. The van der Waals surface area contributed by atoms with Crippen molar-refractivity contribution in [1.82, 2.24) is 4.90 Å². The molecular weight excluding hydrogens is 194 g/mol. The third-order valence-electron chi connectivity index (χ3n) is 3.29. The summed E-state index contributed by atoms with van der Waals surface area (Å²) < 4.78 is 11.3. The van der Waals surface area contributed by atoms with E-state index in [9.17, 15) is 5.11 Å². The maximum atomic E-state index is 9.21. The van der Waals surface area contributed by atoms with Crippen molar-refractivity contribution in [2.24, 2.45) is 0 Å². The molecule has 2 aliphatic heterocycles. The first kappa shape index (κ1) is 11.3. The van der Waals surface area contributed by atoms with Crippen molar-refractivity contribution in [3.05, 3.63) is 0 Å². The van der Waals surface area contributed by atoms with Gasteiger partial charge in [0.05, 0.1) is 19.3 Å². The van der Waals surface area contributed by atoms with Crippen LogP contribution >= 0.6 is 0 Å². The van der Waals surface area contributed by atoms with E-state index in [1.807, 2.05) is 6.92 Å². The number of nitrogens with zero attached hydrogens (tertiary/aromatic N) is 1. The fraction of sp³-hybridized carbons (Fsp3) is 1.00. The van der Waals surface area contributed by atoms with Gasteiger partial charge in [0.25, 0.3) is 0 Å². The quantitative estimate of drug-likeness (QED) is 0.748. The summed E-state index contributed by atoms with van der Waals surface area (Å²) in [5.41, 5.74) is 0. The van der Waals surface area contributed by atoms with Crippen LogP contribution in [-0.4, -0.2) is 54.7 Å². The molecule has 4 nitrogen and oxygen atoms in total. The molecule has 2 saturated heterocycles. The lowest BCUT2D eigenvalue weighted by Crippen LogP contribution is -2.45. The summed E-state index contributed by atoms with van der Waals surface area (Å²) in [6.07, 6.45) is 2.59. The second kappa shape index (κ2) is 4.78. The van der Waals surface area contributed by atoms with Gasteiger partial charge in [-0.1, -0.05) is 0 Å². The lowest BCUT2D eigenvalue weighted by atomic mass is 10.0. The molecule has 0 amide bonds. The van der Waals surface area contributed by atoms with Crippen LogP contribution in [0, 0.1) is 0 Å². The SMILES string of the molecule is CC(O)CCN1CCC2(CC1)OCCO2. The van der Waals surface area contributed by atoms with Crippen LogP contribution in [0.3, 0.4) is 0 Å². The summed E-state index contributed by atoms with van der Waals surface area (Å²) >= 11 is 0. The second-order valence-corrected chi connectivity index (χ2v) is 4.59. The number of aliphatic hydroxyl groups is 1. The summed E-state index contributed by atoms with van der Waals surface area (Å²) in [6, 6.07) is 0. The Labute approximate surface area is 91.2 Å². The van der Waals surface area contributed by atoms with E-state index in [1.54, 1.807) is 0 Å². The van der Waals surface area contributed by atoms with Gasteiger partial charge >= 0.3 is 0 Å². The summed E-state index contributed by atoms with van der Waals surface area (Å²) in [5.74, 6) is -0.263. The van der Waals surface area contributed by atoms with E-state index in [0.717, 1.165) is 52.1 Å². The monoisotopic (exact) mass is 215 g/mol. The highest BCUT2D eigenvalue weighted by Crippen LogP contribution is 2.31. The number of hydrogen-bond donors (Lipinski definition) is 1. The molecule has 0 aliphatic carbocycles. The van der Waals surface area contributed by atoms with Gasteiger partial charge in [-0.05, 0) is 13.3 Å². The van der Waals surface area contributed by atoms with Crippen molar-refractivity contribution in [2.45, 2.75) is 38.1 Å². The van der Waals surface area contributed by atoms with Crippen molar-refractivity contribution in [1.29, 1.82) is 0 Å². The molecular formula is C11H21NO3. The Morgan fingerprint density at radius 2 is 1.87 bits per heavy atom. The zero-order valence-electron chi connectivity index (χ0n) is 9.45. The summed E-state index contributed by atoms with van der Waals surface area (Å²) in [6.45, 7) is 6.35. The van der Waals surface area contributed by atoms with Crippen LogP contribution < -0.4 is 0 Å². The molecule has 88 valence electrons. The number of ether oxygens (including phenoxy) is 2. The van der Waals surface area contributed by atoms with Gasteiger partial charge in [0.2, 0.25) is 0 Å². The molecule has 1 spiro atoms. The van der Waals surface area contributed by atoms with E-state index in [-0.39, 0.29) is 11.9 Å². The van der Waals surface area contributed by atoms with Gasteiger partial charge in [-0.3, -0.25) is 0 Å². The van der Waals surface area contributed by atoms with E-state index in [1.165, 1.54) is 0 Å². The number of rotatable bonds is 3. The number of likely N-dealkylation sites (tertiary alicyclic amines) is 1. The van der Waals surface area contributed by atoms with Crippen molar-refractivity contribution >= 4 is 0 Å². The van der Waals surface area contributed by atoms with E-state index in [4.69, 9.17) is 9.47 Å². The van der Waals surface area contributed by atoms with Crippen molar-refractivity contribution < 1.29 is 14.6 Å². The zero-order valence-corrected chi connectivity index (χ0v) is 9.45. The predicted molar refractivity (Wildman–Crippen MR) is 56.6 cm³/mol. The Bertz CT molecular complexity index is 192. The largest absolute Gasteiger partial charge is 0.393 e. The van der Waals surface area contributed by atoms with Crippen LogP contribution in [0.4, 0.5) is 0 Å². The van der Waals surface area contributed by atoms with Crippen LogP contribution in [0.2, 0.25) is 0 Å². The Morgan fingerprint density at radius 1 is 1.27 bits per heavy atom. The highest BCUT2D eigenvalue weighted by Gasteiger charge is 2.39. The van der Waals surface area contributed by atoms with E-state index < -0.39 is 0 Å². The summed E-state index contributed by atoms with van der Waals surface area (Å²) in [7, 11) is 0. The molecule has 0 radical (unpaired) electrons. The molecule has 1 atom stereocenters. The molecule has 0 aromatic carbocycles. The zero-order chi connectivity index (χ0) is 10.7. The first-order valence-corrected chi connectivity index (χ1v) is 5.89. The third-order valence-corrected chi connectivity index (χ3v) is 3.29. The van der Waals surface area contributed by atoms with Crippen molar-refractivity contribution in [2.75, 3.05) is 32.8 Å². The smallest absolute Gasteiger partial charge is 0.170 e. The molecule has 1 N–H and O–H groups in total. The average molecular weight is 215 g/mol. The topological polar surface area (TPSA) is 41.9 Å². The molecule has 2 aliphatic rings. The summed E-state index contributed by atoms with van der Waals surface area (Å²) in [4.78, 5) is 2.38. The van der Waals surface area contributed by atoms with Gasteiger partial charge in [-0.25, -0.2) is 0 Å². The maximum Gasteiger partial charge on any atom is 0.170 e. The first-order chi connectivity index (χ1) is 7.20. The molecule has 15 heavy (non-hydrogen) atoms. The van der Waals surface area contributed by atoms with Gasteiger partial charge in [-0.15, -0.1) is 0 Å². The number of hydrogen-bond acceptors (Lipinski definition) is 4. The van der Waals surface area contributed by atoms with E-state index in [2.05, 4.69) is 4.90 Å². The minimum Gasteiger partial charge on any atom is -0.393 e. The predicted octanol–water partition coefficient (Wildman–Crippen LogP) is 0.596. The normalized spacial score (nSPS) is 28.4. The van der Waals surface area contributed by atoms with Crippen molar-refractivity contribution in [3.63, 3.8) is 0 Å². The fourth-order valence-corrected chi connectivity index (χ4v) is 2.27. The van der Waals surface area contributed by atoms with Gasteiger partial charge in [0.15, 0.2) is 5.79 Å². The third kappa shape index (κ3) is 2.91.